The van der Waals surface area contributed by atoms with Crippen molar-refractivity contribution in [1.82, 2.24) is 0 Å². The van der Waals surface area contributed by atoms with E-state index in [0.717, 1.165) is 27.5 Å². The lowest BCUT2D eigenvalue weighted by Crippen LogP contribution is -2.09. The number of halogens is 2. The Morgan fingerprint density at radius 2 is 1.57 bits per heavy atom. The molecular weight excluding hydrogens is 417 g/mol. The lowest BCUT2D eigenvalue weighted by atomic mass is 9.92. The number of aromatic hydroxyl groups is 1. The first-order valence-corrected chi connectivity index (χ1v) is 10.2. The summed E-state index contributed by atoms with van der Waals surface area (Å²) >= 11 is 13.2. The highest BCUT2D eigenvalue weighted by molar-refractivity contribution is 6.40. The van der Waals surface area contributed by atoms with E-state index in [1.54, 1.807) is 18.2 Å². The molecule has 3 nitrogen and oxygen atoms in total. The van der Waals surface area contributed by atoms with E-state index in [-0.39, 0.29) is 18.1 Å². The van der Waals surface area contributed by atoms with Crippen LogP contribution in [-0.4, -0.2) is 17.4 Å². The van der Waals surface area contributed by atoms with Gasteiger partial charge in [-0.3, -0.25) is 4.79 Å². The SMILES string of the molecule is CC(=O)CNc1cc(Cl)c(-c2cccc3c(-c4ccccc4)c(O)ccc23)c(Cl)c1. The van der Waals surface area contributed by atoms with Gasteiger partial charge in [0.25, 0.3) is 0 Å². The number of benzene rings is 4. The molecule has 4 aromatic rings. The van der Waals surface area contributed by atoms with Gasteiger partial charge in [0.1, 0.15) is 11.5 Å². The fraction of sp³-hybridized carbons (Fsp3) is 0.0800. The molecule has 0 radical (unpaired) electrons. The molecular formula is C25H19Cl2NO2. The highest BCUT2D eigenvalue weighted by atomic mass is 35.5. The first kappa shape index (κ1) is 20.3. The quantitative estimate of drug-likeness (QED) is 0.348. The zero-order valence-corrected chi connectivity index (χ0v) is 17.8. The second-order valence-electron chi connectivity index (χ2n) is 7.10. The average Bonchev–Trinajstić information content (AvgIpc) is 2.72. The number of nitrogens with one attached hydrogen (secondary N) is 1. The van der Waals surface area contributed by atoms with E-state index in [1.165, 1.54) is 6.92 Å². The molecule has 0 aromatic heterocycles. The number of hydrogen-bond donors (Lipinski definition) is 2. The van der Waals surface area contributed by atoms with Gasteiger partial charge in [-0.25, -0.2) is 0 Å². The molecule has 0 fully saturated rings. The number of phenolic OH excluding ortho intramolecular Hbond substituents is 1. The Morgan fingerprint density at radius 1 is 0.867 bits per heavy atom. The van der Waals surface area contributed by atoms with E-state index in [2.05, 4.69) is 5.32 Å². The van der Waals surface area contributed by atoms with Crippen LogP contribution in [0.3, 0.4) is 0 Å². The Bertz CT molecular complexity index is 1230. The predicted octanol–water partition coefficient (Wildman–Crippen LogP) is 7.19. The van der Waals surface area contributed by atoms with Gasteiger partial charge in [-0.15, -0.1) is 0 Å². The molecule has 4 aromatic carbocycles. The van der Waals surface area contributed by atoms with Gasteiger partial charge in [0, 0.05) is 16.8 Å². The van der Waals surface area contributed by atoms with Crippen LogP contribution in [0.15, 0.2) is 72.8 Å². The number of ketones is 1. The lowest BCUT2D eigenvalue weighted by Gasteiger charge is -2.16. The monoisotopic (exact) mass is 435 g/mol. The largest absolute Gasteiger partial charge is 0.507 e. The molecule has 2 N–H and O–H groups in total. The Kier molecular flexibility index (Phi) is 5.67. The molecule has 0 atom stereocenters. The zero-order chi connectivity index (χ0) is 21.3. The van der Waals surface area contributed by atoms with Crippen molar-refractivity contribution in [2.45, 2.75) is 6.92 Å². The van der Waals surface area contributed by atoms with Crippen molar-refractivity contribution in [3.8, 4) is 28.0 Å². The maximum Gasteiger partial charge on any atom is 0.148 e. The first-order chi connectivity index (χ1) is 14.5. The molecule has 150 valence electrons. The molecule has 0 unspecified atom stereocenters. The number of anilines is 1. The smallest absolute Gasteiger partial charge is 0.148 e. The number of carbonyl (C=O) groups is 1. The Morgan fingerprint density at radius 3 is 2.23 bits per heavy atom. The van der Waals surface area contributed by atoms with Crippen molar-refractivity contribution in [3.63, 3.8) is 0 Å². The van der Waals surface area contributed by atoms with Gasteiger partial charge < -0.3 is 10.4 Å². The molecule has 4 rings (SSSR count). The first-order valence-electron chi connectivity index (χ1n) is 9.48. The van der Waals surface area contributed by atoms with Crippen molar-refractivity contribution in [2.75, 3.05) is 11.9 Å². The molecule has 0 saturated heterocycles. The fourth-order valence-electron chi connectivity index (χ4n) is 3.63. The average molecular weight is 436 g/mol. The molecule has 0 aliphatic heterocycles. The minimum atomic E-state index is 0.0219. The normalized spacial score (nSPS) is 10.9. The summed E-state index contributed by atoms with van der Waals surface area (Å²) in [5, 5.41) is 16.4. The molecule has 0 heterocycles. The summed E-state index contributed by atoms with van der Waals surface area (Å²) in [4.78, 5) is 11.2. The van der Waals surface area contributed by atoms with Crippen LogP contribution in [0.1, 0.15) is 6.92 Å². The summed E-state index contributed by atoms with van der Waals surface area (Å²) in [5.74, 6) is 0.237. The van der Waals surface area contributed by atoms with Crippen LogP contribution in [0.2, 0.25) is 10.0 Å². The summed E-state index contributed by atoms with van der Waals surface area (Å²) in [6.45, 7) is 1.72. The second-order valence-corrected chi connectivity index (χ2v) is 7.91. The minimum Gasteiger partial charge on any atom is -0.507 e. The van der Waals surface area contributed by atoms with Crippen LogP contribution in [0.5, 0.6) is 5.75 Å². The third-order valence-electron chi connectivity index (χ3n) is 4.95. The molecule has 0 aliphatic carbocycles. The van der Waals surface area contributed by atoms with Crippen LogP contribution < -0.4 is 5.32 Å². The molecule has 0 bridgehead atoms. The van der Waals surface area contributed by atoms with Crippen molar-refractivity contribution in [1.29, 1.82) is 0 Å². The van der Waals surface area contributed by atoms with Gasteiger partial charge in [0.15, 0.2) is 0 Å². The number of carbonyl (C=O) groups excluding carboxylic acids is 1. The van der Waals surface area contributed by atoms with Crippen LogP contribution in [0.25, 0.3) is 33.0 Å². The minimum absolute atomic E-state index is 0.0219. The number of fused-ring (bicyclic) bond motifs is 1. The Labute approximate surface area is 184 Å². The van der Waals surface area contributed by atoms with E-state index in [0.29, 0.717) is 21.3 Å². The maximum atomic E-state index is 11.2. The molecule has 30 heavy (non-hydrogen) atoms. The Balaban J connectivity index is 1.90. The highest BCUT2D eigenvalue weighted by Crippen LogP contribution is 2.44. The van der Waals surface area contributed by atoms with Gasteiger partial charge in [-0.1, -0.05) is 77.8 Å². The zero-order valence-electron chi connectivity index (χ0n) is 16.2. The standard InChI is InChI=1S/C25H19Cl2NO2/c1-15(29)14-28-17-12-21(26)25(22(27)13-17)20-9-5-8-19-18(20)10-11-23(30)24(19)16-6-3-2-4-7-16/h2-13,28,30H,14H2,1H3. The third-order valence-corrected chi connectivity index (χ3v) is 5.55. The number of rotatable bonds is 5. The van der Waals surface area contributed by atoms with Crippen molar-refractivity contribution >= 4 is 45.4 Å². The summed E-state index contributed by atoms with van der Waals surface area (Å²) in [6.07, 6.45) is 0. The summed E-state index contributed by atoms with van der Waals surface area (Å²) in [5.41, 5.74) is 3.97. The summed E-state index contributed by atoms with van der Waals surface area (Å²) in [6, 6.07) is 22.7. The number of Topliss-reactive ketones (excluding diaryl/α,β-unsaturated/α-hetero) is 1. The predicted molar refractivity (Wildman–Crippen MR) is 126 cm³/mol. The second kappa shape index (κ2) is 8.39. The molecule has 0 amide bonds. The van der Waals surface area contributed by atoms with Crippen LogP contribution in [-0.2, 0) is 4.79 Å². The molecule has 0 spiro atoms. The third kappa shape index (κ3) is 3.87. The van der Waals surface area contributed by atoms with Crippen molar-refractivity contribution in [2.24, 2.45) is 0 Å². The van der Waals surface area contributed by atoms with E-state index in [1.807, 2.05) is 54.6 Å². The van der Waals surface area contributed by atoms with E-state index in [4.69, 9.17) is 23.2 Å². The van der Waals surface area contributed by atoms with Gasteiger partial charge in [0.05, 0.1) is 16.6 Å². The molecule has 0 aliphatic rings. The van der Waals surface area contributed by atoms with Gasteiger partial charge in [-0.2, -0.15) is 0 Å². The summed E-state index contributed by atoms with van der Waals surface area (Å²) in [7, 11) is 0. The van der Waals surface area contributed by atoms with E-state index < -0.39 is 0 Å². The molecule has 0 saturated carbocycles. The lowest BCUT2D eigenvalue weighted by molar-refractivity contribution is -0.115. The van der Waals surface area contributed by atoms with Gasteiger partial charge in [-0.05, 0) is 47.0 Å². The van der Waals surface area contributed by atoms with Crippen LogP contribution >= 0.6 is 23.2 Å². The Hall–Kier alpha value is -3.01. The van der Waals surface area contributed by atoms with Gasteiger partial charge in [0.2, 0.25) is 0 Å². The van der Waals surface area contributed by atoms with Crippen molar-refractivity contribution < 1.29 is 9.90 Å². The van der Waals surface area contributed by atoms with Crippen molar-refractivity contribution in [3.05, 3.63) is 82.8 Å². The molecule has 5 heteroatoms. The van der Waals surface area contributed by atoms with E-state index in [9.17, 15) is 9.90 Å². The fourth-order valence-corrected chi connectivity index (χ4v) is 4.32. The number of hydrogen-bond acceptors (Lipinski definition) is 3. The van der Waals surface area contributed by atoms with Crippen LogP contribution in [0, 0.1) is 0 Å². The maximum absolute atomic E-state index is 11.2. The number of phenols is 1. The van der Waals surface area contributed by atoms with Gasteiger partial charge >= 0.3 is 0 Å². The van der Waals surface area contributed by atoms with Crippen LogP contribution in [0.4, 0.5) is 5.69 Å². The summed E-state index contributed by atoms with van der Waals surface area (Å²) < 4.78 is 0. The van der Waals surface area contributed by atoms with E-state index >= 15 is 0 Å². The topological polar surface area (TPSA) is 49.3 Å². The highest BCUT2D eigenvalue weighted by Gasteiger charge is 2.16.